The summed E-state index contributed by atoms with van der Waals surface area (Å²) >= 11 is 12.4. The molecule has 0 saturated carbocycles. The molecular weight excluding hydrogens is 391 g/mol. The van der Waals surface area contributed by atoms with Crippen molar-refractivity contribution in [2.45, 2.75) is 31.4 Å². The van der Waals surface area contributed by atoms with E-state index in [-0.39, 0.29) is 18.6 Å². The molecule has 0 radical (unpaired) electrons. The van der Waals surface area contributed by atoms with Crippen LogP contribution in [0.15, 0.2) is 24.4 Å². The average molecular weight is 413 g/mol. The normalized spacial score (nSPS) is 18.5. The maximum Gasteiger partial charge on any atom is 0.256 e. The van der Waals surface area contributed by atoms with Crippen LogP contribution in [0.4, 0.5) is 0 Å². The Morgan fingerprint density at radius 1 is 1.41 bits per heavy atom. The minimum Gasteiger partial charge on any atom is -0.390 e. The van der Waals surface area contributed by atoms with E-state index >= 15 is 0 Å². The molecule has 1 aromatic carbocycles. The quantitative estimate of drug-likeness (QED) is 0.788. The molecule has 146 valence electrons. The second-order valence-electron chi connectivity index (χ2n) is 6.65. The second-order valence-corrected chi connectivity index (χ2v) is 7.46. The van der Waals surface area contributed by atoms with Gasteiger partial charge in [-0.3, -0.25) is 4.79 Å². The van der Waals surface area contributed by atoms with Crippen LogP contribution in [0.3, 0.4) is 0 Å². The first-order valence-electron chi connectivity index (χ1n) is 8.80. The number of piperidine rings is 1. The first-order chi connectivity index (χ1) is 13.0. The number of amides is 1. The summed E-state index contributed by atoms with van der Waals surface area (Å²) in [7, 11) is 1.54. The van der Waals surface area contributed by atoms with Gasteiger partial charge < -0.3 is 14.7 Å². The predicted octanol–water partition coefficient (Wildman–Crippen LogP) is 2.61. The van der Waals surface area contributed by atoms with Gasteiger partial charge in [-0.05, 0) is 25.0 Å². The number of benzene rings is 1. The maximum absolute atomic E-state index is 12.9. The van der Waals surface area contributed by atoms with Gasteiger partial charge in [-0.15, -0.1) is 5.10 Å². The Hall–Kier alpha value is -1.67. The molecule has 1 aliphatic rings. The van der Waals surface area contributed by atoms with Crippen molar-refractivity contribution in [1.82, 2.24) is 19.9 Å². The minimum atomic E-state index is -0.619. The zero-order valence-corrected chi connectivity index (χ0v) is 16.5. The molecule has 9 heteroatoms. The van der Waals surface area contributed by atoms with Crippen LogP contribution in [-0.4, -0.2) is 63.8 Å². The van der Waals surface area contributed by atoms with E-state index in [4.69, 9.17) is 27.9 Å². The number of carbonyl (C=O) groups is 1. The summed E-state index contributed by atoms with van der Waals surface area (Å²) in [5.41, 5.74) is 1.03. The van der Waals surface area contributed by atoms with Gasteiger partial charge in [-0.1, -0.05) is 34.5 Å². The summed E-state index contributed by atoms with van der Waals surface area (Å²) < 4.78 is 6.70. The third-order valence-electron chi connectivity index (χ3n) is 4.60. The number of likely N-dealkylation sites (tertiary alicyclic amines) is 1. The molecule has 1 aromatic heterocycles. The highest BCUT2D eigenvalue weighted by Gasteiger charge is 2.28. The highest BCUT2D eigenvalue weighted by Crippen LogP contribution is 2.28. The number of aliphatic hydroxyl groups excluding tert-OH is 1. The van der Waals surface area contributed by atoms with Crippen molar-refractivity contribution in [3.63, 3.8) is 0 Å². The molecule has 7 nitrogen and oxygen atoms in total. The van der Waals surface area contributed by atoms with Crippen LogP contribution >= 0.6 is 23.2 Å². The number of nitrogens with zero attached hydrogens (tertiary/aromatic N) is 4. The van der Waals surface area contributed by atoms with E-state index in [9.17, 15) is 9.90 Å². The van der Waals surface area contributed by atoms with E-state index in [2.05, 4.69) is 10.3 Å². The van der Waals surface area contributed by atoms with Crippen molar-refractivity contribution in [2.75, 3.05) is 26.8 Å². The van der Waals surface area contributed by atoms with Gasteiger partial charge in [0.15, 0.2) is 0 Å². The van der Waals surface area contributed by atoms with Gasteiger partial charge >= 0.3 is 0 Å². The van der Waals surface area contributed by atoms with E-state index in [0.717, 1.165) is 12.8 Å². The van der Waals surface area contributed by atoms with E-state index in [1.54, 1.807) is 34.9 Å². The molecule has 3 rings (SSSR count). The summed E-state index contributed by atoms with van der Waals surface area (Å²) in [5.74, 6) is -0.175. The van der Waals surface area contributed by atoms with E-state index in [1.807, 2.05) is 6.20 Å². The first kappa shape index (κ1) is 20.1. The number of hydrogen-bond donors (Lipinski definition) is 1. The van der Waals surface area contributed by atoms with Crippen molar-refractivity contribution in [3.05, 3.63) is 45.7 Å². The Kier molecular flexibility index (Phi) is 6.70. The fourth-order valence-electron chi connectivity index (χ4n) is 3.29. The molecule has 1 N–H and O–H groups in total. The van der Waals surface area contributed by atoms with Crippen LogP contribution in [0.2, 0.25) is 10.0 Å². The Morgan fingerprint density at radius 3 is 2.85 bits per heavy atom. The molecule has 0 bridgehead atoms. The number of aliphatic hydroxyl groups is 1. The highest BCUT2D eigenvalue weighted by molar-refractivity contribution is 6.39. The largest absolute Gasteiger partial charge is 0.390 e. The molecule has 0 spiro atoms. The van der Waals surface area contributed by atoms with Crippen molar-refractivity contribution in [2.24, 2.45) is 0 Å². The molecule has 1 amide bonds. The summed E-state index contributed by atoms with van der Waals surface area (Å²) in [6.07, 6.45) is 3.31. The molecule has 1 fully saturated rings. The third kappa shape index (κ3) is 4.79. The Morgan fingerprint density at radius 2 is 2.15 bits per heavy atom. The lowest BCUT2D eigenvalue weighted by Crippen LogP contribution is -2.41. The molecule has 1 aliphatic heterocycles. The lowest BCUT2D eigenvalue weighted by molar-refractivity contribution is 0.0644. The van der Waals surface area contributed by atoms with Crippen LogP contribution in [0.5, 0.6) is 0 Å². The zero-order chi connectivity index (χ0) is 19.4. The third-order valence-corrected chi connectivity index (χ3v) is 5.23. The van der Waals surface area contributed by atoms with Gasteiger partial charge in [-0.2, -0.15) is 0 Å². The Bertz CT molecular complexity index is 778. The summed E-state index contributed by atoms with van der Waals surface area (Å²) in [4.78, 5) is 14.7. The van der Waals surface area contributed by atoms with E-state index in [0.29, 0.717) is 40.8 Å². The van der Waals surface area contributed by atoms with Crippen LogP contribution in [0.1, 0.15) is 34.9 Å². The molecule has 27 heavy (non-hydrogen) atoms. The van der Waals surface area contributed by atoms with Gasteiger partial charge in [-0.25, -0.2) is 4.68 Å². The lowest BCUT2D eigenvalue weighted by Gasteiger charge is -2.33. The number of rotatable bonds is 6. The fourth-order valence-corrected chi connectivity index (χ4v) is 3.85. The lowest BCUT2D eigenvalue weighted by atomic mass is 10.0. The number of aromatic nitrogens is 3. The molecule has 2 aromatic rings. The Balaban J connectivity index is 1.69. The highest BCUT2D eigenvalue weighted by atomic mass is 35.5. The van der Waals surface area contributed by atoms with Gasteiger partial charge in [0.05, 0.1) is 40.1 Å². The predicted molar refractivity (Wildman–Crippen MR) is 102 cm³/mol. The van der Waals surface area contributed by atoms with Crippen molar-refractivity contribution in [1.29, 1.82) is 0 Å². The SMILES string of the molecule is COC[C@@H](O)Cc1cn(C2CCCN(C(=O)c3c(Cl)cccc3Cl)C2)nn1. The molecule has 2 heterocycles. The van der Waals surface area contributed by atoms with E-state index in [1.165, 1.54) is 0 Å². The monoisotopic (exact) mass is 412 g/mol. The summed E-state index contributed by atoms with van der Waals surface area (Å²) in [6, 6.07) is 5.06. The molecular formula is C18H22Cl2N4O3. The van der Waals surface area contributed by atoms with Crippen LogP contribution in [0, 0.1) is 0 Å². The van der Waals surface area contributed by atoms with Gasteiger partial charge in [0.2, 0.25) is 0 Å². The smallest absolute Gasteiger partial charge is 0.256 e. The van der Waals surface area contributed by atoms with Crippen molar-refractivity contribution in [3.8, 4) is 0 Å². The summed E-state index contributed by atoms with van der Waals surface area (Å²) in [6.45, 7) is 1.39. The number of halogens is 2. The summed E-state index contributed by atoms with van der Waals surface area (Å²) in [5, 5.41) is 18.8. The number of ether oxygens (including phenoxy) is 1. The minimum absolute atomic E-state index is 0.0183. The average Bonchev–Trinajstić information content (AvgIpc) is 3.10. The van der Waals surface area contributed by atoms with Crippen LogP contribution in [0.25, 0.3) is 0 Å². The molecule has 2 atom stereocenters. The van der Waals surface area contributed by atoms with Gasteiger partial charge in [0, 0.05) is 32.8 Å². The number of hydrogen-bond acceptors (Lipinski definition) is 5. The molecule has 1 unspecified atom stereocenters. The van der Waals surface area contributed by atoms with Crippen molar-refractivity contribution < 1.29 is 14.6 Å². The first-order valence-corrected chi connectivity index (χ1v) is 9.56. The zero-order valence-electron chi connectivity index (χ0n) is 15.0. The van der Waals surface area contributed by atoms with Gasteiger partial charge in [0.1, 0.15) is 0 Å². The second kappa shape index (κ2) is 9.01. The fraction of sp³-hybridized carbons (Fsp3) is 0.500. The van der Waals surface area contributed by atoms with Crippen LogP contribution in [-0.2, 0) is 11.2 Å². The molecule has 1 saturated heterocycles. The molecule has 0 aliphatic carbocycles. The maximum atomic E-state index is 12.9. The number of methoxy groups -OCH3 is 1. The topological polar surface area (TPSA) is 80.5 Å². The number of carbonyl (C=O) groups excluding carboxylic acids is 1. The van der Waals surface area contributed by atoms with Crippen molar-refractivity contribution >= 4 is 29.1 Å². The van der Waals surface area contributed by atoms with Gasteiger partial charge in [0.25, 0.3) is 5.91 Å². The van der Waals surface area contributed by atoms with Crippen LogP contribution < -0.4 is 0 Å². The Labute approximate surface area is 167 Å². The standard InChI is InChI=1S/C18H22Cl2N4O3/c1-27-11-14(25)8-12-9-24(22-21-12)13-4-3-7-23(10-13)18(26)17-15(19)5-2-6-16(17)20/h2,5-6,9,13-14,25H,3-4,7-8,10-11H2,1H3/t13?,14-/m0/s1. The van der Waals surface area contributed by atoms with E-state index < -0.39 is 6.10 Å².